The highest BCUT2D eigenvalue weighted by atomic mass is 32.2. The molecule has 15 nitrogen and oxygen atoms in total. The number of hydrogen-bond donors (Lipinski definition) is 8. The molecule has 0 bridgehead atoms. The second-order valence-electron chi connectivity index (χ2n) is 13.6. The summed E-state index contributed by atoms with van der Waals surface area (Å²) in [7, 11) is -9.73. The zero-order valence-electron chi connectivity index (χ0n) is 30.3. The summed E-state index contributed by atoms with van der Waals surface area (Å²) in [6.07, 6.45) is 1.99. The second kappa shape index (κ2) is 16.7. The van der Waals surface area contributed by atoms with Crippen LogP contribution in [0.25, 0.3) is 21.9 Å². The lowest BCUT2D eigenvalue weighted by Crippen LogP contribution is -2.33. The number of benzene rings is 4. The van der Waals surface area contributed by atoms with Crippen molar-refractivity contribution in [2.75, 3.05) is 29.1 Å². The summed E-state index contributed by atoms with van der Waals surface area (Å²) in [6.45, 7) is 12.0. The molecule has 11 N–H and O–H groups in total. The van der Waals surface area contributed by atoms with E-state index in [1.54, 1.807) is 0 Å². The van der Waals surface area contributed by atoms with Crippen LogP contribution in [0.15, 0.2) is 64.4 Å². The highest BCUT2D eigenvalue weighted by Gasteiger charge is 2.26. The Balaban J connectivity index is 0.000000311. The zero-order valence-corrected chi connectivity index (χ0v) is 32.0. The Morgan fingerprint density at radius 2 is 1.38 bits per heavy atom. The minimum absolute atomic E-state index is 0.00396. The summed E-state index contributed by atoms with van der Waals surface area (Å²) >= 11 is 0. The molecule has 0 heterocycles. The minimum Gasteiger partial charge on any atom is -0.505 e. The normalized spacial score (nSPS) is 12.4. The number of fused-ring (bicyclic) bond motifs is 1. The van der Waals surface area contributed by atoms with E-state index in [9.17, 15) is 36.1 Å². The molecule has 1 unspecified atom stereocenters. The van der Waals surface area contributed by atoms with Crippen LogP contribution < -0.4 is 27.8 Å². The van der Waals surface area contributed by atoms with Crippen molar-refractivity contribution in [3.05, 3.63) is 65.7 Å². The van der Waals surface area contributed by atoms with Gasteiger partial charge in [-0.2, -0.15) is 16.8 Å². The maximum absolute atomic E-state index is 12.6. The number of nitrogens with one attached hydrogen (secondary N) is 2. The standard InChI is InChI=1S/C26H37N3O3.C10H10N2O7S2/c1-17(9-7-8-14-28-25(31)32-26(4,5)6)24(30)29-23-13-11-21(16-19(23)3)20-10-12-22(27)18(2)15-20;11-5-2-1-4-6(20(14,15)16)3-7(21(17,18)19)9(12)8(4)10(5)13/h10-13,15-17H,7-9,14,27H2,1-6H3,(H,28,31)(H,29,30);1-3,13H,11-12H2,(H,14,15,16)(H,17,18,19). The number of phenolic OH excluding ortho intramolecular Hbond substituents is 1. The fourth-order valence-corrected chi connectivity index (χ4v) is 6.65. The van der Waals surface area contributed by atoms with Gasteiger partial charge in [0, 0.05) is 29.2 Å². The third-order valence-corrected chi connectivity index (χ3v) is 9.88. The third kappa shape index (κ3) is 11.4. The van der Waals surface area contributed by atoms with Gasteiger partial charge in [-0.05, 0) is 106 Å². The molecule has 0 saturated heterocycles. The van der Waals surface area contributed by atoms with Gasteiger partial charge in [0.2, 0.25) is 5.91 Å². The fourth-order valence-electron chi connectivity index (χ4n) is 5.22. The van der Waals surface area contributed by atoms with Crippen molar-refractivity contribution in [1.82, 2.24) is 5.32 Å². The number of alkyl carbamates (subject to hydrolysis) is 1. The van der Waals surface area contributed by atoms with E-state index in [2.05, 4.69) is 22.8 Å². The van der Waals surface area contributed by atoms with Crippen LogP contribution in [0, 0.1) is 19.8 Å². The zero-order chi connectivity index (χ0) is 40.1. The lowest BCUT2D eigenvalue weighted by molar-refractivity contribution is -0.119. The number of amides is 2. The number of nitrogens with two attached hydrogens (primary N) is 3. The summed E-state index contributed by atoms with van der Waals surface area (Å²) in [6, 6.07) is 14.8. The van der Waals surface area contributed by atoms with Crippen molar-refractivity contribution in [1.29, 1.82) is 0 Å². The summed E-state index contributed by atoms with van der Waals surface area (Å²) in [5.74, 6) is -0.778. The molecule has 0 aliphatic carbocycles. The van der Waals surface area contributed by atoms with E-state index in [4.69, 9.17) is 26.5 Å². The lowest BCUT2D eigenvalue weighted by atomic mass is 9.99. The number of ether oxygens (including phenoxy) is 1. The maximum atomic E-state index is 12.6. The molecular formula is C36H47N5O10S2. The van der Waals surface area contributed by atoms with Gasteiger partial charge in [-0.3, -0.25) is 13.9 Å². The highest BCUT2D eigenvalue weighted by Crippen LogP contribution is 2.41. The molecule has 4 rings (SSSR count). The van der Waals surface area contributed by atoms with Crippen LogP contribution in [-0.2, 0) is 29.8 Å². The Kier molecular flexibility index (Phi) is 13.3. The molecule has 0 aliphatic rings. The predicted molar refractivity (Wildman–Crippen MR) is 206 cm³/mol. The van der Waals surface area contributed by atoms with E-state index in [1.807, 2.05) is 65.8 Å². The van der Waals surface area contributed by atoms with Gasteiger partial charge < -0.3 is 37.7 Å². The van der Waals surface area contributed by atoms with Gasteiger partial charge in [0.1, 0.15) is 21.1 Å². The van der Waals surface area contributed by atoms with E-state index in [0.717, 1.165) is 65.0 Å². The van der Waals surface area contributed by atoms with Gasteiger partial charge >= 0.3 is 6.09 Å². The number of carbonyl (C=O) groups is 2. The molecule has 4 aromatic carbocycles. The number of hydrogen-bond acceptors (Lipinski definition) is 11. The average molecular weight is 774 g/mol. The molecule has 0 aliphatic heterocycles. The van der Waals surface area contributed by atoms with Gasteiger partial charge in [0.05, 0.1) is 16.8 Å². The van der Waals surface area contributed by atoms with Crippen molar-refractivity contribution in [3.8, 4) is 16.9 Å². The number of rotatable bonds is 10. The third-order valence-electron chi connectivity index (χ3n) is 8.09. The van der Waals surface area contributed by atoms with Gasteiger partial charge in [0.25, 0.3) is 20.2 Å². The monoisotopic (exact) mass is 773 g/mol. The molecule has 0 aromatic heterocycles. The largest absolute Gasteiger partial charge is 0.505 e. The van der Waals surface area contributed by atoms with Crippen LogP contribution >= 0.6 is 0 Å². The van der Waals surface area contributed by atoms with Gasteiger partial charge in [0.15, 0.2) is 0 Å². The number of aryl methyl sites for hydroxylation is 2. The van der Waals surface area contributed by atoms with Crippen molar-refractivity contribution in [3.63, 3.8) is 0 Å². The minimum atomic E-state index is -4.89. The molecule has 288 valence electrons. The van der Waals surface area contributed by atoms with Crippen molar-refractivity contribution >= 4 is 65.8 Å². The van der Waals surface area contributed by atoms with Crippen molar-refractivity contribution in [2.24, 2.45) is 5.92 Å². The molecule has 53 heavy (non-hydrogen) atoms. The smallest absolute Gasteiger partial charge is 0.407 e. The van der Waals surface area contributed by atoms with Crippen LogP contribution in [0.2, 0.25) is 0 Å². The lowest BCUT2D eigenvalue weighted by Gasteiger charge is -2.19. The summed E-state index contributed by atoms with van der Waals surface area (Å²) in [4.78, 5) is 22.5. The Hall–Kier alpha value is -5.10. The number of aromatic hydroxyl groups is 1. The van der Waals surface area contributed by atoms with Gasteiger partial charge in [-0.25, -0.2) is 4.79 Å². The molecule has 0 fully saturated rings. The Morgan fingerprint density at radius 1 is 0.811 bits per heavy atom. The average Bonchev–Trinajstić information content (AvgIpc) is 3.03. The molecule has 0 saturated carbocycles. The van der Waals surface area contributed by atoms with Crippen LogP contribution in [0.5, 0.6) is 5.75 Å². The van der Waals surface area contributed by atoms with Gasteiger partial charge in [-0.15, -0.1) is 0 Å². The summed E-state index contributed by atoms with van der Waals surface area (Å²) in [5.41, 5.74) is 21.5. The summed E-state index contributed by atoms with van der Waals surface area (Å²) in [5, 5.41) is 15.0. The molecule has 2 amide bonds. The number of anilines is 4. The molecule has 0 radical (unpaired) electrons. The first-order valence-electron chi connectivity index (χ1n) is 16.4. The quantitative estimate of drug-likeness (QED) is 0.0396. The topological polar surface area (TPSA) is 274 Å². The maximum Gasteiger partial charge on any atom is 0.407 e. The van der Waals surface area contributed by atoms with E-state index in [1.165, 1.54) is 0 Å². The fraction of sp³-hybridized carbons (Fsp3) is 0.333. The van der Waals surface area contributed by atoms with Crippen molar-refractivity contribution in [2.45, 2.75) is 76.2 Å². The highest BCUT2D eigenvalue weighted by molar-refractivity contribution is 7.87. The first-order chi connectivity index (χ1) is 24.4. The predicted octanol–water partition coefficient (Wildman–Crippen LogP) is 6.03. The number of nitrogen functional groups attached to an aromatic ring is 3. The second-order valence-corrected chi connectivity index (χ2v) is 16.4. The SMILES string of the molecule is Cc1cc(-c2ccc(NC(=O)C(C)CCCCNC(=O)OC(C)(C)C)c(C)c2)ccc1N.Nc1ccc2c(S(=O)(=O)O)cc(S(=O)(=O)O)c(N)c2c1O. The number of carbonyl (C=O) groups excluding carboxylic acids is 2. The molecule has 17 heteroatoms. The first kappa shape index (κ1) is 42.3. The van der Waals surface area contributed by atoms with Gasteiger partial charge in [-0.1, -0.05) is 31.5 Å². The van der Waals surface area contributed by atoms with E-state index in [-0.39, 0.29) is 22.9 Å². The Bertz CT molecular complexity index is 2240. The van der Waals surface area contributed by atoms with E-state index in [0.29, 0.717) is 12.6 Å². The van der Waals surface area contributed by atoms with Crippen LogP contribution in [0.3, 0.4) is 0 Å². The molecule has 4 aromatic rings. The van der Waals surface area contributed by atoms with Crippen LogP contribution in [0.4, 0.5) is 27.5 Å². The molecule has 0 spiro atoms. The Labute approximate surface area is 309 Å². The summed E-state index contributed by atoms with van der Waals surface area (Å²) < 4.78 is 68.7. The van der Waals surface area contributed by atoms with E-state index < -0.39 is 58.5 Å². The van der Waals surface area contributed by atoms with E-state index >= 15 is 0 Å². The number of unbranched alkanes of at least 4 members (excludes halogenated alkanes) is 1. The molecular weight excluding hydrogens is 727 g/mol. The molecule has 1 atom stereocenters. The van der Waals surface area contributed by atoms with Crippen LogP contribution in [-0.4, -0.2) is 55.2 Å². The van der Waals surface area contributed by atoms with Crippen LogP contribution in [0.1, 0.15) is 58.1 Å². The first-order valence-corrected chi connectivity index (χ1v) is 19.3. The Morgan fingerprint density at radius 3 is 1.92 bits per heavy atom. The van der Waals surface area contributed by atoms with Crippen molar-refractivity contribution < 1.29 is 45.4 Å². The number of phenols is 1.